The Hall–Kier alpha value is -0.340. The van der Waals surface area contributed by atoms with Gasteiger partial charge in [-0.05, 0) is 49.4 Å². The maximum absolute atomic E-state index is 3.60. The van der Waals surface area contributed by atoms with E-state index < -0.39 is 0 Å². The molecule has 0 radical (unpaired) electrons. The number of halogens is 1. The molecule has 2 rings (SSSR count). The molecular formula is C13H18BrN. The fraction of sp³-hybridized carbons (Fsp3) is 0.538. The van der Waals surface area contributed by atoms with E-state index in [0.717, 1.165) is 16.3 Å². The highest BCUT2D eigenvalue weighted by Gasteiger charge is 2.32. The highest BCUT2D eigenvalue weighted by Crippen LogP contribution is 2.37. The molecule has 1 N–H and O–H groups in total. The third-order valence-electron chi connectivity index (χ3n) is 3.33. The molecule has 2 heteroatoms. The minimum absolute atomic E-state index is 0.464. The summed E-state index contributed by atoms with van der Waals surface area (Å²) in [5, 5.41) is 3.60. The quantitative estimate of drug-likeness (QED) is 0.876. The first-order valence-corrected chi connectivity index (χ1v) is 6.45. The van der Waals surface area contributed by atoms with Gasteiger partial charge in [0, 0.05) is 10.5 Å². The Morgan fingerprint density at radius 1 is 1.40 bits per heavy atom. The van der Waals surface area contributed by atoms with E-state index in [2.05, 4.69) is 59.4 Å². The number of nitrogens with one attached hydrogen (secondary N) is 1. The van der Waals surface area contributed by atoms with Gasteiger partial charge in [0.05, 0.1) is 0 Å². The highest BCUT2D eigenvalue weighted by molar-refractivity contribution is 9.10. The molecular weight excluding hydrogens is 250 g/mol. The molecule has 0 heterocycles. The van der Waals surface area contributed by atoms with Crippen molar-refractivity contribution in [1.29, 1.82) is 0 Å². The van der Waals surface area contributed by atoms with Crippen LogP contribution in [0.25, 0.3) is 0 Å². The number of benzene rings is 1. The monoisotopic (exact) mass is 267 g/mol. The molecule has 15 heavy (non-hydrogen) atoms. The van der Waals surface area contributed by atoms with Gasteiger partial charge >= 0.3 is 0 Å². The van der Waals surface area contributed by atoms with Crippen molar-refractivity contribution in [2.45, 2.75) is 26.3 Å². The molecule has 1 saturated carbocycles. The molecule has 1 nitrogen and oxygen atoms in total. The van der Waals surface area contributed by atoms with Crippen molar-refractivity contribution in [1.82, 2.24) is 5.32 Å². The van der Waals surface area contributed by atoms with Gasteiger partial charge < -0.3 is 5.32 Å². The van der Waals surface area contributed by atoms with Crippen molar-refractivity contribution in [2.24, 2.45) is 11.8 Å². The summed E-state index contributed by atoms with van der Waals surface area (Å²) in [4.78, 5) is 0. The molecule has 1 aromatic rings. The average Bonchev–Trinajstić information content (AvgIpc) is 2.92. The maximum Gasteiger partial charge on any atom is 0.0291 e. The van der Waals surface area contributed by atoms with Gasteiger partial charge in [0.25, 0.3) is 0 Å². The maximum atomic E-state index is 3.60. The molecule has 0 spiro atoms. The SMILES string of the molecule is CC(NCC1CC1C)c1ccc(Br)cc1. The molecule has 0 saturated heterocycles. The summed E-state index contributed by atoms with van der Waals surface area (Å²) in [6.07, 6.45) is 1.40. The minimum atomic E-state index is 0.464. The van der Waals surface area contributed by atoms with Gasteiger partial charge in [0.2, 0.25) is 0 Å². The molecule has 3 atom stereocenters. The second-order valence-electron chi connectivity index (χ2n) is 4.65. The van der Waals surface area contributed by atoms with Gasteiger partial charge in [0.15, 0.2) is 0 Å². The van der Waals surface area contributed by atoms with Gasteiger partial charge in [-0.1, -0.05) is 35.0 Å². The lowest BCUT2D eigenvalue weighted by Gasteiger charge is -2.14. The first kappa shape index (κ1) is 11.2. The number of hydrogen-bond donors (Lipinski definition) is 1. The predicted molar refractivity (Wildman–Crippen MR) is 67.8 cm³/mol. The van der Waals surface area contributed by atoms with Crippen LogP contribution in [0.5, 0.6) is 0 Å². The summed E-state index contributed by atoms with van der Waals surface area (Å²) >= 11 is 3.45. The van der Waals surface area contributed by atoms with Crippen molar-refractivity contribution in [3.63, 3.8) is 0 Å². The molecule has 82 valence electrons. The lowest BCUT2D eigenvalue weighted by Crippen LogP contribution is -2.21. The van der Waals surface area contributed by atoms with Crippen LogP contribution < -0.4 is 5.32 Å². The molecule has 0 bridgehead atoms. The van der Waals surface area contributed by atoms with E-state index in [4.69, 9.17) is 0 Å². The Labute approximate surface area is 100 Å². The second-order valence-corrected chi connectivity index (χ2v) is 5.57. The van der Waals surface area contributed by atoms with Crippen LogP contribution in [0.1, 0.15) is 31.9 Å². The smallest absolute Gasteiger partial charge is 0.0291 e. The number of rotatable bonds is 4. The molecule has 1 aliphatic rings. The topological polar surface area (TPSA) is 12.0 Å². The zero-order valence-electron chi connectivity index (χ0n) is 9.33. The standard InChI is InChI=1S/C13H18BrN/c1-9-7-12(9)8-15-10(2)11-3-5-13(14)6-4-11/h3-6,9-10,12,15H,7-8H2,1-2H3. The van der Waals surface area contributed by atoms with Crippen LogP contribution in [0.3, 0.4) is 0 Å². The number of hydrogen-bond acceptors (Lipinski definition) is 1. The molecule has 0 aromatic heterocycles. The summed E-state index contributed by atoms with van der Waals surface area (Å²) < 4.78 is 1.15. The van der Waals surface area contributed by atoms with Crippen molar-refractivity contribution >= 4 is 15.9 Å². The van der Waals surface area contributed by atoms with Crippen LogP contribution in [0.15, 0.2) is 28.7 Å². The molecule has 1 aliphatic carbocycles. The Balaban J connectivity index is 1.84. The van der Waals surface area contributed by atoms with Crippen LogP contribution in [0, 0.1) is 11.8 Å². The van der Waals surface area contributed by atoms with Gasteiger partial charge in [-0.3, -0.25) is 0 Å². The van der Waals surface area contributed by atoms with Crippen LogP contribution in [-0.4, -0.2) is 6.54 Å². The molecule has 1 aromatic carbocycles. The Bertz CT molecular complexity index is 320. The highest BCUT2D eigenvalue weighted by atomic mass is 79.9. The summed E-state index contributed by atoms with van der Waals surface area (Å²) in [6, 6.07) is 9.03. The fourth-order valence-electron chi connectivity index (χ4n) is 1.88. The lowest BCUT2D eigenvalue weighted by molar-refractivity contribution is 0.535. The van der Waals surface area contributed by atoms with E-state index in [1.54, 1.807) is 0 Å². The van der Waals surface area contributed by atoms with E-state index >= 15 is 0 Å². The normalized spacial score (nSPS) is 26.3. The second kappa shape index (κ2) is 4.67. The molecule has 3 unspecified atom stereocenters. The molecule has 0 amide bonds. The summed E-state index contributed by atoms with van der Waals surface area (Å²) in [7, 11) is 0. The van der Waals surface area contributed by atoms with Crippen LogP contribution >= 0.6 is 15.9 Å². The minimum Gasteiger partial charge on any atom is -0.310 e. The summed E-state index contributed by atoms with van der Waals surface area (Å²) in [5.41, 5.74) is 1.37. The van der Waals surface area contributed by atoms with Crippen molar-refractivity contribution in [2.75, 3.05) is 6.54 Å². The van der Waals surface area contributed by atoms with Crippen molar-refractivity contribution in [3.05, 3.63) is 34.3 Å². The van der Waals surface area contributed by atoms with Gasteiger partial charge in [-0.2, -0.15) is 0 Å². The fourth-order valence-corrected chi connectivity index (χ4v) is 2.15. The lowest BCUT2D eigenvalue weighted by atomic mass is 10.1. The summed E-state index contributed by atoms with van der Waals surface area (Å²) in [6.45, 7) is 5.73. The Morgan fingerprint density at radius 2 is 2.00 bits per heavy atom. The van der Waals surface area contributed by atoms with E-state index in [0.29, 0.717) is 6.04 Å². The summed E-state index contributed by atoms with van der Waals surface area (Å²) in [5.74, 6) is 1.86. The first-order valence-electron chi connectivity index (χ1n) is 5.65. The van der Waals surface area contributed by atoms with Crippen molar-refractivity contribution < 1.29 is 0 Å². The van der Waals surface area contributed by atoms with Crippen molar-refractivity contribution in [3.8, 4) is 0 Å². The van der Waals surface area contributed by atoms with E-state index in [1.807, 2.05) is 0 Å². The zero-order chi connectivity index (χ0) is 10.8. The van der Waals surface area contributed by atoms with Gasteiger partial charge in [-0.15, -0.1) is 0 Å². The van der Waals surface area contributed by atoms with E-state index in [1.165, 1.54) is 18.5 Å². The Morgan fingerprint density at radius 3 is 2.53 bits per heavy atom. The zero-order valence-corrected chi connectivity index (χ0v) is 10.9. The van der Waals surface area contributed by atoms with E-state index in [-0.39, 0.29) is 0 Å². The third kappa shape index (κ3) is 3.05. The van der Waals surface area contributed by atoms with Crippen LogP contribution in [-0.2, 0) is 0 Å². The average molecular weight is 268 g/mol. The molecule has 0 aliphatic heterocycles. The van der Waals surface area contributed by atoms with Crippen LogP contribution in [0.4, 0.5) is 0 Å². The predicted octanol–water partition coefficient (Wildman–Crippen LogP) is 3.76. The molecule has 1 fully saturated rings. The third-order valence-corrected chi connectivity index (χ3v) is 3.86. The largest absolute Gasteiger partial charge is 0.310 e. The first-order chi connectivity index (χ1) is 7.16. The van der Waals surface area contributed by atoms with Gasteiger partial charge in [0.1, 0.15) is 0 Å². The Kier molecular flexibility index (Phi) is 3.47. The van der Waals surface area contributed by atoms with Crippen LogP contribution in [0.2, 0.25) is 0 Å². The van der Waals surface area contributed by atoms with Gasteiger partial charge in [-0.25, -0.2) is 0 Å². The van der Waals surface area contributed by atoms with E-state index in [9.17, 15) is 0 Å².